The fourth-order valence-corrected chi connectivity index (χ4v) is 2.88. The van der Waals surface area contributed by atoms with Crippen LogP contribution < -0.4 is 5.73 Å². The molecule has 1 aliphatic heterocycles. The first-order valence-corrected chi connectivity index (χ1v) is 6.32. The molecular weight excluding hydrogens is 204 g/mol. The zero-order valence-electron chi connectivity index (χ0n) is 9.82. The summed E-state index contributed by atoms with van der Waals surface area (Å²) in [7, 11) is 0. The normalized spacial score (nSPS) is 27.9. The quantitative estimate of drug-likeness (QED) is 0.726. The van der Waals surface area contributed by atoms with Crippen LogP contribution in [-0.4, -0.2) is 42.2 Å². The van der Waals surface area contributed by atoms with E-state index in [9.17, 15) is 4.79 Å². The largest absolute Gasteiger partial charge is 0.396 e. The SMILES string of the molecule is NCC1(C(=O)N2CCC(CCO)C2)CCC1. The van der Waals surface area contributed by atoms with Crippen molar-refractivity contribution in [3.63, 3.8) is 0 Å². The summed E-state index contributed by atoms with van der Waals surface area (Å²) in [6.07, 6.45) is 4.91. The van der Waals surface area contributed by atoms with Gasteiger partial charge < -0.3 is 15.7 Å². The maximum absolute atomic E-state index is 12.3. The summed E-state index contributed by atoms with van der Waals surface area (Å²) in [5.74, 6) is 0.755. The molecule has 3 N–H and O–H groups in total. The molecule has 1 aliphatic carbocycles. The number of aliphatic hydroxyl groups excluding tert-OH is 1. The van der Waals surface area contributed by atoms with E-state index in [0.29, 0.717) is 12.5 Å². The van der Waals surface area contributed by atoms with Gasteiger partial charge >= 0.3 is 0 Å². The second kappa shape index (κ2) is 4.72. The van der Waals surface area contributed by atoms with Crippen LogP contribution in [0.4, 0.5) is 0 Å². The van der Waals surface area contributed by atoms with Gasteiger partial charge in [0.05, 0.1) is 5.41 Å². The molecule has 1 amide bonds. The Kier molecular flexibility index (Phi) is 3.50. The maximum Gasteiger partial charge on any atom is 0.230 e. The van der Waals surface area contributed by atoms with Gasteiger partial charge in [-0.15, -0.1) is 0 Å². The summed E-state index contributed by atoms with van der Waals surface area (Å²) in [5.41, 5.74) is 5.52. The highest BCUT2D eigenvalue weighted by Crippen LogP contribution is 2.42. The summed E-state index contributed by atoms with van der Waals surface area (Å²) >= 11 is 0. The average molecular weight is 226 g/mol. The van der Waals surface area contributed by atoms with Crippen molar-refractivity contribution < 1.29 is 9.90 Å². The van der Waals surface area contributed by atoms with Gasteiger partial charge in [-0.2, -0.15) is 0 Å². The molecule has 0 aromatic rings. The summed E-state index contributed by atoms with van der Waals surface area (Å²) in [6, 6.07) is 0. The third kappa shape index (κ3) is 1.96. The molecule has 0 spiro atoms. The molecular formula is C12H22N2O2. The lowest BCUT2D eigenvalue weighted by Gasteiger charge is -2.41. The number of carbonyl (C=O) groups is 1. The van der Waals surface area contributed by atoms with Gasteiger partial charge in [0.2, 0.25) is 5.91 Å². The fraction of sp³-hybridized carbons (Fsp3) is 0.917. The summed E-state index contributed by atoms with van der Waals surface area (Å²) in [4.78, 5) is 14.3. The number of nitrogens with zero attached hydrogens (tertiary/aromatic N) is 1. The van der Waals surface area contributed by atoms with E-state index in [-0.39, 0.29) is 17.9 Å². The monoisotopic (exact) mass is 226 g/mol. The molecule has 0 aromatic heterocycles. The van der Waals surface area contributed by atoms with Crippen molar-refractivity contribution in [3.8, 4) is 0 Å². The molecule has 92 valence electrons. The van der Waals surface area contributed by atoms with Gasteiger partial charge in [0, 0.05) is 26.2 Å². The zero-order chi connectivity index (χ0) is 11.6. The molecule has 1 saturated heterocycles. The van der Waals surface area contributed by atoms with E-state index < -0.39 is 0 Å². The van der Waals surface area contributed by atoms with Crippen molar-refractivity contribution in [1.29, 1.82) is 0 Å². The first kappa shape index (κ1) is 11.9. The lowest BCUT2D eigenvalue weighted by Crippen LogP contribution is -2.51. The van der Waals surface area contributed by atoms with Crippen LogP contribution in [0.3, 0.4) is 0 Å². The predicted octanol–water partition coefficient (Wildman–Crippen LogP) is 0.346. The minimum atomic E-state index is -0.228. The Bertz CT molecular complexity index is 258. The molecule has 4 nitrogen and oxygen atoms in total. The van der Waals surface area contributed by atoms with E-state index in [0.717, 1.165) is 45.2 Å². The van der Waals surface area contributed by atoms with E-state index in [2.05, 4.69) is 0 Å². The average Bonchev–Trinajstić information content (AvgIpc) is 2.66. The standard InChI is InChI=1S/C12H22N2O2/c13-9-12(4-1-5-12)11(16)14-6-2-10(8-14)3-7-15/h10,15H,1-9,13H2. The second-order valence-corrected chi connectivity index (χ2v) is 5.26. The summed E-state index contributed by atoms with van der Waals surface area (Å²) in [5, 5.41) is 8.89. The van der Waals surface area contributed by atoms with Crippen molar-refractivity contribution in [1.82, 2.24) is 4.90 Å². The van der Waals surface area contributed by atoms with Crippen LogP contribution >= 0.6 is 0 Å². The number of amides is 1. The number of rotatable bonds is 4. The van der Waals surface area contributed by atoms with E-state index in [1.165, 1.54) is 0 Å². The Morgan fingerprint density at radius 2 is 2.25 bits per heavy atom. The number of carbonyl (C=O) groups excluding carboxylic acids is 1. The molecule has 1 heterocycles. The van der Waals surface area contributed by atoms with Crippen molar-refractivity contribution in [2.75, 3.05) is 26.2 Å². The molecule has 1 unspecified atom stereocenters. The van der Waals surface area contributed by atoms with Gasteiger partial charge in [-0.1, -0.05) is 6.42 Å². The zero-order valence-corrected chi connectivity index (χ0v) is 9.82. The molecule has 1 saturated carbocycles. The third-order valence-electron chi connectivity index (χ3n) is 4.27. The Hall–Kier alpha value is -0.610. The maximum atomic E-state index is 12.3. The van der Waals surface area contributed by atoms with Crippen LogP contribution in [0.2, 0.25) is 0 Å². The van der Waals surface area contributed by atoms with E-state index >= 15 is 0 Å². The van der Waals surface area contributed by atoms with E-state index in [1.54, 1.807) is 0 Å². The van der Waals surface area contributed by atoms with Crippen molar-refractivity contribution in [2.45, 2.75) is 32.1 Å². The molecule has 1 atom stereocenters. The lowest BCUT2D eigenvalue weighted by atomic mass is 9.68. The fourth-order valence-electron chi connectivity index (χ4n) is 2.88. The van der Waals surface area contributed by atoms with Gasteiger partial charge in [0.15, 0.2) is 0 Å². The molecule has 2 fully saturated rings. The molecule has 2 aliphatic rings. The van der Waals surface area contributed by atoms with E-state index in [4.69, 9.17) is 10.8 Å². The number of aliphatic hydroxyl groups is 1. The van der Waals surface area contributed by atoms with Crippen LogP contribution in [0, 0.1) is 11.3 Å². The number of hydrogen-bond acceptors (Lipinski definition) is 3. The summed E-state index contributed by atoms with van der Waals surface area (Å²) in [6.45, 7) is 2.40. The molecule has 4 heteroatoms. The van der Waals surface area contributed by atoms with Crippen LogP contribution in [-0.2, 0) is 4.79 Å². The Morgan fingerprint density at radius 1 is 1.50 bits per heavy atom. The summed E-state index contributed by atoms with van der Waals surface area (Å²) < 4.78 is 0. The number of hydrogen-bond donors (Lipinski definition) is 2. The first-order chi connectivity index (χ1) is 7.72. The third-order valence-corrected chi connectivity index (χ3v) is 4.27. The minimum absolute atomic E-state index is 0.228. The predicted molar refractivity (Wildman–Crippen MR) is 61.7 cm³/mol. The second-order valence-electron chi connectivity index (χ2n) is 5.26. The van der Waals surface area contributed by atoms with Crippen LogP contribution in [0.25, 0.3) is 0 Å². The highest BCUT2D eigenvalue weighted by molar-refractivity contribution is 5.84. The Labute approximate surface area is 96.8 Å². The molecule has 0 radical (unpaired) electrons. The Balaban J connectivity index is 1.91. The topological polar surface area (TPSA) is 66.6 Å². The van der Waals surface area contributed by atoms with Gasteiger partial charge in [0.25, 0.3) is 0 Å². The molecule has 0 aromatic carbocycles. The highest BCUT2D eigenvalue weighted by Gasteiger charge is 2.46. The van der Waals surface area contributed by atoms with Gasteiger partial charge in [-0.25, -0.2) is 0 Å². The minimum Gasteiger partial charge on any atom is -0.396 e. The van der Waals surface area contributed by atoms with Crippen molar-refractivity contribution in [2.24, 2.45) is 17.1 Å². The van der Waals surface area contributed by atoms with Crippen LogP contribution in [0.15, 0.2) is 0 Å². The van der Waals surface area contributed by atoms with Crippen LogP contribution in [0.5, 0.6) is 0 Å². The molecule has 0 bridgehead atoms. The van der Waals surface area contributed by atoms with Crippen molar-refractivity contribution >= 4 is 5.91 Å². The van der Waals surface area contributed by atoms with Crippen molar-refractivity contribution in [3.05, 3.63) is 0 Å². The van der Waals surface area contributed by atoms with Gasteiger partial charge in [-0.3, -0.25) is 4.79 Å². The molecule has 16 heavy (non-hydrogen) atoms. The smallest absolute Gasteiger partial charge is 0.230 e. The van der Waals surface area contributed by atoms with E-state index in [1.807, 2.05) is 4.90 Å². The molecule has 2 rings (SSSR count). The van der Waals surface area contributed by atoms with Gasteiger partial charge in [-0.05, 0) is 31.6 Å². The first-order valence-electron chi connectivity index (χ1n) is 6.32. The number of nitrogens with two attached hydrogens (primary N) is 1. The van der Waals surface area contributed by atoms with Crippen LogP contribution in [0.1, 0.15) is 32.1 Å². The Morgan fingerprint density at radius 3 is 2.75 bits per heavy atom. The number of likely N-dealkylation sites (tertiary alicyclic amines) is 1. The highest BCUT2D eigenvalue weighted by atomic mass is 16.3. The lowest BCUT2D eigenvalue weighted by molar-refractivity contribution is -0.145. The van der Waals surface area contributed by atoms with Gasteiger partial charge in [0.1, 0.15) is 0 Å².